The number of para-hydroxylation sites is 4. The molecule has 110 heavy (non-hydrogen) atoms. The Morgan fingerprint density at radius 1 is 0.200 bits per heavy atom. The summed E-state index contributed by atoms with van der Waals surface area (Å²) >= 11 is 0. The lowest BCUT2D eigenvalue weighted by Gasteiger charge is -2.40. The van der Waals surface area contributed by atoms with E-state index in [-0.39, 0.29) is 0 Å². The summed E-state index contributed by atoms with van der Waals surface area (Å²) in [5.74, 6) is 6.99. The van der Waals surface area contributed by atoms with E-state index in [1.54, 1.807) is 0 Å². The van der Waals surface area contributed by atoms with Crippen LogP contribution in [0.2, 0.25) is 0 Å². The Bertz CT molecular complexity index is 6490. The van der Waals surface area contributed by atoms with Gasteiger partial charge in [0.1, 0.15) is 23.0 Å². The fourth-order valence-corrected chi connectivity index (χ4v) is 16.9. The van der Waals surface area contributed by atoms with E-state index in [1.807, 2.05) is 170 Å². The molecule has 512 valence electrons. The van der Waals surface area contributed by atoms with Crippen molar-refractivity contribution in [1.29, 1.82) is 10.5 Å². The molecular weight excluding hydrogens is 1350 g/mol. The summed E-state index contributed by atoms with van der Waals surface area (Å²) in [6, 6.07) is 129. The van der Waals surface area contributed by atoms with E-state index < -0.39 is 10.8 Å². The van der Waals surface area contributed by atoms with Crippen LogP contribution >= 0.6 is 0 Å². The number of aromatic nitrogens is 6. The van der Waals surface area contributed by atoms with Gasteiger partial charge in [-0.15, -0.1) is 0 Å². The van der Waals surface area contributed by atoms with Crippen molar-refractivity contribution >= 4 is 0 Å². The highest BCUT2D eigenvalue weighted by atomic mass is 16.5. The summed E-state index contributed by atoms with van der Waals surface area (Å²) in [5.41, 5.74) is 25.3. The third kappa shape index (κ3) is 10.4. The highest BCUT2D eigenvalue weighted by Crippen LogP contribution is 2.66. The topological polar surface area (TPSA) is 143 Å². The first kappa shape index (κ1) is 64.5. The van der Waals surface area contributed by atoms with E-state index in [0.29, 0.717) is 46.1 Å². The third-order valence-corrected chi connectivity index (χ3v) is 21.7. The summed E-state index contributed by atoms with van der Waals surface area (Å²) in [6.07, 6.45) is 0. The van der Waals surface area contributed by atoms with E-state index >= 15 is 0 Å². The Balaban J connectivity index is 0.000000145. The third-order valence-electron chi connectivity index (χ3n) is 21.7. The molecule has 2 spiro atoms. The zero-order valence-electron chi connectivity index (χ0n) is 59.0. The fourth-order valence-electron chi connectivity index (χ4n) is 16.9. The Morgan fingerprint density at radius 3 is 0.855 bits per heavy atom. The van der Waals surface area contributed by atoms with Crippen molar-refractivity contribution in [2.75, 3.05) is 0 Å². The SMILES string of the molecule is N#Cc1ccc(-c2cccc3c2-c2ccccc2C32c3ccccc3Oc3c(-c4ccc(-c5nc(-c6ccccc6)nc(-c6ccccc6)n5)cc4)cccc32)cc1.N#Cc1ccc(-c2cccc3c2Oc2ccccc2C32c3ccccc3-c3c(-c4nc(-c5ccccc5)nc(-c5ccccc5)n4)cccc32)cc1. The Morgan fingerprint density at radius 2 is 0.464 bits per heavy atom. The molecule has 10 nitrogen and oxygen atoms in total. The fraction of sp³-hybridized carbons (Fsp3) is 0.0200. The molecule has 2 aromatic heterocycles. The van der Waals surface area contributed by atoms with Crippen LogP contribution in [0.3, 0.4) is 0 Å². The molecule has 0 amide bonds. The first-order valence-corrected chi connectivity index (χ1v) is 36.6. The summed E-state index contributed by atoms with van der Waals surface area (Å²) in [4.78, 5) is 30.1. The van der Waals surface area contributed by atoms with Gasteiger partial charge in [-0.25, -0.2) is 29.9 Å². The molecule has 2 aliphatic carbocycles. The lowest BCUT2D eigenvalue weighted by atomic mass is 9.65. The van der Waals surface area contributed by atoms with Crippen LogP contribution in [0.4, 0.5) is 0 Å². The lowest BCUT2D eigenvalue weighted by molar-refractivity contribution is 0.438. The predicted molar refractivity (Wildman–Crippen MR) is 433 cm³/mol. The zero-order chi connectivity index (χ0) is 73.3. The lowest BCUT2D eigenvalue weighted by Crippen LogP contribution is -2.32. The molecule has 17 aromatic rings. The van der Waals surface area contributed by atoms with Crippen molar-refractivity contribution in [3.8, 4) is 159 Å². The van der Waals surface area contributed by atoms with Crippen molar-refractivity contribution in [3.63, 3.8) is 0 Å². The molecule has 0 saturated heterocycles. The van der Waals surface area contributed by atoms with Crippen LogP contribution < -0.4 is 9.47 Å². The second-order valence-corrected chi connectivity index (χ2v) is 27.6. The first-order chi connectivity index (χ1) is 54.4. The highest BCUT2D eigenvalue weighted by Gasteiger charge is 2.54. The van der Waals surface area contributed by atoms with Gasteiger partial charge in [0, 0.05) is 66.8 Å². The number of ether oxygens (including phenoxy) is 2. The minimum Gasteiger partial charge on any atom is -0.456 e. The van der Waals surface area contributed by atoms with Gasteiger partial charge in [-0.3, -0.25) is 0 Å². The maximum atomic E-state index is 9.54. The largest absolute Gasteiger partial charge is 0.456 e. The molecular formula is C100H60N8O2. The summed E-state index contributed by atoms with van der Waals surface area (Å²) in [5, 5.41) is 19.0. The van der Waals surface area contributed by atoms with E-state index in [4.69, 9.17) is 39.4 Å². The Hall–Kier alpha value is -15.1. The standard InChI is InChI=1S/C53H32N4O.C47H28N4O/c54-33-34-25-27-35(28-26-34)40-18-11-22-45-48(40)42-17-7-8-20-43(42)53(45)44-21-9-10-24-47(44)58-49-41(19-12-23-46(49)53)36-29-31-39(32-30-36)52-56-50(37-13-3-1-4-14-37)55-51(57-52)38-15-5-2-6-16-38;48-29-30-25-27-31(28-26-30)34-18-11-23-40-43(34)52-41-24-10-9-21-38(41)47(40)37-20-8-7-17-35(37)42-36(19-12-22-39(42)47)46-50-44(32-13-3-1-4-14-32)49-45(51-46)33-15-5-2-6-16-33/h1-32H;1-28H. The molecule has 0 N–H and O–H groups in total. The van der Waals surface area contributed by atoms with Gasteiger partial charge in [0.15, 0.2) is 34.9 Å². The molecule has 2 atom stereocenters. The maximum Gasteiger partial charge on any atom is 0.164 e. The predicted octanol–water partition coefficient (Wildman–Crippen LogP) is 23.4. The molecule has 2 aliphatic heterocycles. The molecule has 15 aromatic carbocycles. The number of nitriles is 2. The van der Waals surface area contributed by atoms with Gasteiger partial charge in [-0.05, 0) is 103 Å². The van der Waals surface area contributed by atoms with Crippen LogP contribution in [-0.4, -0.2) is 29.9 Å². The molecule has 2 unspecified atom stereocenters. The van der Waals surface area contributed by atoms with Crippen LogP contribution in [0.15, 0.2) is 364 Å². The quantitative estimate of drug-likeness (QED) is 0.137. The average Bonchev–Trinajstić information content (AvgIpc) is 1.49. The Labute approximate surface area is 635 Å². The summed E-state index contributed by atoms with van der Waals surface area (Å²) in [7, 11) is 0. The van der Waals surface area contributed by atoms with Crippen molar-refractivity contribution in [3.05, 3.63) is 420 Å². The Kier molecular flexibility index (Phi) is 15.5. The monoisotopic (exact) mass is 1400 g/mol. The smallest absolute Gasteiger partial charge is 0.164 e. The van der Waals surface area contributed by atoms with Gasteiger partial charge >= 0.3 is 0 Å². The van der Waals surface area contributed by atoms with Crippen LogP contribution in [0.1, 0.15) is 55.6 Å². The van der Waals surface area contributed by atoms with Crippen LogP contribution in [-0.2, 0) is 10.8 Å². The van der Waals surface area contributed by atoms with Crippen molar-refractivity contribution < 1.29 is 9.47 Å². The van der Waals surface area contributed by atoms with E-state index in [1.165, 1.54) is 27.8 Å². The molecule has 21 rings (SSSR count). The molecule has 0 radical (unpaired) electrons. The van der Waals surface area contributed by atoms with Crippen LogP contribution in [0.25, 0.3) is 124 Å². The molecule has 10 heteroatoms. The molecule has 0 fully saturated rings. The normalized spacial score (nSPS) is 14.6. The van der Waals surface area contributed by atoms with E-state index in [9.17, 15) is 10.5 Å². The molecule has 0 saturated carbocycles. The van der Waals surface area contributed by atoms with Gasteiger partial charge < -0.3 is 9.47 Å². The minimum absolute atomic E-state index is 0.607. The van der Waals surface area contributed by atoms with Crippen molar-refractivity contribution in [2.24, 2.45) is 0 Å². The van der Waals surface area contributed by atoms with Crippen molar-refractivity contribution in [2.45, 2.75) is 10.8 Å². The second-order valence-electron chi connectivity index (χ2n) is 27.6. The average molecular weight is 1410 g/mol. The van der Waals surface area contributed by atoms with Gasteiger partial charge in [0.2, 0.25) is 0 Å². The number of rotatable bonds is 9. The van der Waals surface area contributed by atoms with Gasteiger partial charge in [-0.2, -0.15) is 10.5 Å². The second kappa shape index (κ2) is 26.5. The number of nitrogens with zero attached hydrogens (tertiary/aromatic N) is 8. The number of fused-ring (bicyclic) bond motifs is 18. The molecule has 4 heterocycles. The van der Waals surface area contributed by atoms with Gasteiger partial charge in [0.05, 0.1) is 34.1 Å². The summed E-state index contributed by atoms with van der Waals surface area (Å²) in [6.45, 7) is 0. The minimum atomic E-state index is -0.688. The van der Waals surface area contributed by atoms with Crippen molar-refractivity contribution in [1.82, 2.24) is 29.9 Å². The zero-order valence-corrected chi connectivity index (χ0v) is 59.0. The number of hydrogen-bond donors (Lipinski definition) is 0. The maximum absolute atomic E-state index is 9.54. The summed E-state index contributed by atoms with van der Waals surface area (Å²) < 4.78 is 13.9. The number of hydrogen-bond acceptors (Lipinski definition) is 10. The number of benzene rings is 15. The van der Waals surface area contributed by atoms with E-state index in [0.717, 1.165) is 129 Å². The molecule has 4 aliphatic rings. The van der Waals surface area contributed by atoms with E-state index in [2.05, 4.69) is 206 Å². The first-order valence-electron chi connectivity index (χ1n) is 36.6. The van der Waals surface area contributed by atoms with Crippen LogP contribution in [0.5, 0.6) is 23.0 Å². The van der Waals surface area contributed by atoms with Crippen LogP contribution in [0, 0.1) is 22.7 Å². The molecule has 0 bridgehead atoms. The van der Waals surface area contributed by atoms with Gasteiger partial charge in [0.25, 0.3) is 0 Å². The van der Waals surface area contributed by atoms with Gasteiger partial charge in [-0.1, -0.05) is 328 Å². The highest BCUT2D eigenvalue weighted by molar-refractivity contribution is 5.99.